The lowest BCUT2D eigenvalue weighted by Crippen LogP contribution is -2.40. The molecule has 1 fully saturated rings. The molecule has 1 saturated carbocycles. The summed E-state index contributed by atoms with van der Waals surface area (Å²) in [5, 5.41) is 0. The molecule has 236 valence electrons. The van der Waals surface area contributed by atoms with Crippen LogP contribution >= 0.6 is 0 Å². The highest BCUT2D eigenvalue weighted by molar-refractivity contribution is 7.92. The average Bonchev–Trinajstić information content (AvgIpc) is 3.82. The zero-order valence-corrected chi connectivity index (χ0v) is 27.2. The van der Waals surface area contributed by atoms with Gasteiger partial charge in [-0.25, -0.2) is 23.1 Å². The van der Waals surface area contributed by atoms with E-state index in [1.807, 2.05) is 44.2 Å². The minimum atomic E-state index is -3.98. The molecule has 2 aromatic carbocycles. The molecule has 9 nitrogen and oxygen atoms in total. The van der Waals surface area contributed by atoms with Gasteiger partial charge in [0.2, 0.25) is 17.7 Å². The molecule has 1 aliphatic heterocycles. The summed E-state index contributed by atoms with van der Waals surface area (Å²) < 4.78 is 42.5. The minimum absolute atomic E-state index is 0.0162. The Morgan fingerprint density at radius 1 is 1.02 bits per heavy atom. The zero-order chi connectivity index (χ0) is 31.6. The molecule has 0 saturated heterocycles. The fourth-order valence-corrected chi connectivity index (χ4v) is 6.87. The van der Waals surface area contributed by atoms with Gasteiger partial charge in [0.25, 0.3) is 10.0 Å². The molecule has 10 heteroatoms. The van der Waals surface area contributed by atoms with Gasteiger partial charge in [0.1, 0.15) is 6.61 Å². The quantitative estimate of drug-likeness (QED) is 0.234. The van der Waals surface area contributed by atoms with Crippen molar-refractivity contribution >= 4 is 16.0 Å². The molecule has 4 aromatic rings. The first-order chi connectivity index (χ1) is 21.6. The van der Waals surface area contributed by atoms with E-state index in [4.69, 9.17) is 9.47 Å². The number of sulfonamides is 1. The molecule has 0 spiro atoms. The number of fused-ring (bicyclic) bond motifs is 4. The second-order valence-corrected chi connectivity index (χ2v) is 14.3. The third-order valence-corrected chi connectivity index (χ3v) is 9.65. The Labute approximate surface area is 266 Å². The number of ether oxygens (including phenoxy) is 2. The second-order valence-electron chi connectivity index (χ2n) is 12.7. The average molecular weight is 628 g/mol. The molecule has 3 heterocycles. The molecule has 1 N–H and O–H groups in total. The monoisotopic (exact) mass is 627 g/mol. The van der Waals surface area contributed by atoms with Gasteiger partial charge in [0, 0.05) is 42.5 Å². The normalized spacial score (nSPS) is 18.2. The van der Waals surface area contributed by atoms with Gasteiger partial charge in [-0.05, 0) is 79.8 Å². The Hall–Kier alpha value is -4.02. The van der Waals surface area contributed by atoms with E-state index >= 15 is 0 Å². The highest BCUT2D eigenvalue weighted by Gasteiger charge is 2.27. The van der Waals surface area contributed by atoms with Crippen LogP contribution in [0.4, 0.5) is 5.95 Å². The lowest BCUT2D eigenvalue weighted by molar-refractivity contribution is 0.101. The van der Waals surface area contributed by atoms with E-state index in [1.165, 1.54) is 12.8 Å². The van der Waals surface area contributed by atoms with Crippen LogP contribution in [0.2, 0.25) is 0 Å². The molecule has 4 bridgehead atoms. The summed E-state index contributed by atoms with van der Waals surface area (Å²) in [7, 11) is -3.98. The summed E-state index contributed by atoms with van der Waals surface area (Å²) in [6, 6.07) is 18.9. The maximum Gasteiger partial charge on any atom is 0.264 e. The summed E-state index contributed by atoms with van der Waals surface area (Å²) in [4.78, 5) is 16.2. The van der Waals surface area contributed by atoms with E-state index in [-0.39, 0.29) is 16.9 Å². The van der Waals surface area contributed by atoms with Gasteiger partial charge < -0.3 is 9.47 Å². The first-order valence-electron chi connectivity index (χ1n) is 15.7. The maximum absolute atomic E-state index is 13.6. The van der Waals surface area contributed by atoms with Crippen molar-refractivity contribution in [3.8, 4) is 23.0 Å². The van der Waals surface area contributed by atoms with Crippen LogP contribution in [0.15, 0.2) is 71.8 Å². The van der Waals surface area contributed by atoms with E-state index in [0.29, 0.717) is 55.6 Å². The smallest absolute Gasteiger partial charge is 0.264 e. The molecular weight excluding hydrogens is 586 g/mol. The molecule has 6 rings (SSSR count). The van der Waals surface area contributed by atoms with Gasteiger partial charge in [0.05, 0.1) is 17.2 Å². The number of aryl methyl sites for hydroxylation is 2. The first-order valence-corrected chi connectivity index (χ1v) is 17.1. The molecule has 1 aliphatic carbocycles. The number of rotatable bonds is 8. The minimum Gasteiger partial charge on any atom is -0.477 e. The van der Waals surface area contributed by atoms with Gasteiger partial charge in [-0.1, -0.05) is 50.2 Å². The van der Waals surface area contributed by atoms with Crippen molar-refractivity contribution in [1.82, 2.24) is 19.9 Å². The number of pyridine rings is 1. The number of benzene rings is 2. The second kappa shape index (κ2) is 13.1. The SMILES string of the molecule is Cc1cccc(C)c1-c1cc2nc(n1)NS(=O)(=O)c1cccc(c1)CN(Cc1cccnc1OCC1CC1)[C@H](CC(C)C)CO2. The zero-order valence-electron chi connectivity index (χ0n) is 26.4. The van der Waals surface area contributed by atoms with Gasteiger partial charge in [-0.3, -0.25) is 4.90 Å². The lowest BCUT2D eigenvalue weighted by Gasteiger charge is -2.33. The summed E-state index contributed by atoms with van der Waals surface area (Å²) >= 11 is 0. The Bertz CT molecular complexity index is 1750. The van der Waals surface area contributed by atoms with Crippen molar-refractivity contribution in [2.24, 2.45) is 11.8 Å². The summed E-state index contributed by atoms with van der Waals surface area (Å²) in [5.41, 5.74) is 5.44. The fraction of sp³-hybridized carbons (Fsp3) is 0.400. The third-order valence-electron chi connectivity index (χ3n) is 8.32. The Kier molecular flexibility index (Phi) is 9.05. The molecule has 0 unspecified atom stereocenters. The number of nitrogens with one attached hydrogen (secondary N) is 1. The molecular formula is C35H41N5O4S. The van der Waals surface area contributed by atoms with Crippen LogP contribution in [-0.4, -0.2) is 47.5 Å². The molecule has 45 heavy (non-hydrogen) atoms. The number of hydrogen-bond donors (Lipinski definition) is 1. The van der Waals surface area contributed by atoms with E-state index in [1.54, 1.807) is 30.5 Å². The van der Waals surface area contributed by atoms with Crippen molar-refractivity contribution in [3.63, 3.8) is 0 Å². The molecule has 0 radical (unpaired) electrons. The lowest BCUT2D eigenvalue weighted by atomic mass is 10.00. The standard InChI is InChI=1S/C35H41N5O4S/c1-23(2)16-29-22-43-32-18-31(33-24(3)8-5-9-25(33)4)37-35(38-32)39-45(41,42)30-12-6-10-27(17-30)19-40(29)20-28-11-7-15-36-34(28)44-21-26-13-14-26/h5-12,15,17-18,23,26,29H,13-14,16,19-22H2,1-4H3,(H,37,38,39)/t29-/m1/s1. The predicted molar refractivity (Wildman–Crippen MR) is 175 cm³/mol. The Morgan fingerprint density at radius 2 is 1.80 bits per heavy atom. The highest BCUT2D eigenvalue weighted by Crippen LogP contribution is 2.32. The summed E-state index contributed by atoms with van der Waals surface area (Å²) in [5.74, 6) is 1.93. The van der Waals surface area contributed by atoms with Crippen LogP contribution in [0.1, 0.15) is 55.4 Å². The number of nitrogens with zero attached hydrogens (tertiary/aromatic N) is 4. The summed E-state index contributed by atoms with van der Waals surface area (Å²) in [6.07, 6.45) is 5.02. The van der Waals surface area contributed by atoms with Crippen molar-refractivity contribution in [2.45, 2.75) is 71.0 Å². The molecule has 2 aromatic heterocycles. The third kappa shape index (κ3) is 7.62. The Balaban J connectivity index is 1.42. The highest BCUT2D eigenvalue weighted by atomic mass is 32.2. The van der Waals surface area contributed by atoms with Gasteiger partial charge in [-0.2, -0.15) is 4.98 Å². The van der Waals surface area contributed by atoms with Crippen LogP contribution < -0.4 is 14.2 Å². The van der Waals surface area contributed by atoms with Gasteiger partial charge in [-0.15, -0.1) is 0 Å². The van der Waals surface area contributed by atoms with E-state index in [9.17, 15) is 8.42 Å². The van der Waals surface area contributed by atoms with Crippen LogP contribution in [-0.2, 0) is 23.1 Å². The number of hydrogen-bond acceptors (Lipinski definition) is 8. The number of aromatic nitrogens is 3. The van der Waals surface area contributed by atoms with Gasteiger partial charge >= 0.3 is 0 Å². The van der Waals surface area contributed by atoms with Crippen LogP contribution in [0.25, 0.3) is 11.3 Å². The maximum atomic E-state index is 13.6. The van der Waals surface area contributed by atoms with E-state index < -0.39 is 10.0 Å². The fourth-order valence-electron chi connectivity index (χ4n) is 5.85. The van der Waals surface area contributed by atoms with Crippen molar-refractivity contribution in [2.75, 3.05) is 17.9 Å². The Morgan fingerprint density at radius 3 is 2.56 bits per heavy atom. The first kappa shape index (κ1) is 31.0. The van der Waals surface area contributed by atoms with Gasteiger partial charge in [0.15, 0.2) is 0 Å². The number of anilines is 1. The molecule has 1 atom stereocenters. The molecule has 2 aliphatic rings. The van der Waals surface area contributed by atoms with Crippen molar-refractivity contribution in [1.29, 1.82) is 0 Å². The molecule has 0 amide bonds. The van der Waals surface area contributed by atoms with Crippen LogP contribution in [0.5, 0.6) is 11.8 Å². The predicted octanol–water partition coefficient (Wildman–Crippen LogP) is 6.55. The van der Waals surface area contributed by atoms with Crippen molar-refractivity contribution < 1.29 is 17.9 Å². The van der Waals surface area contributed by atoms with E-state index in [0.717, 1.165) is 34.2 Å². The summed E-state index contributed by atoms with van der Waals surface area (Å²) in [6.45, 7) is 10.5. The van der Waals surface area contributed by atoms with Crippen LogP contribution in [0, 0.1) is 25.7 Å². The topological polar surface area (TPSA) is 107 Å². The largest absolute Gasteiger partial charge is 0.477 e. The van der Waals surface area contributed by atoms with Crippen molar-refractivity contribution in [3.05, 3.63) is 89.1 Å². The van der Waals surface area contributed by atoms with E-state index in [2.05, 4.69) is 44.5 Å². The van der Waals surface area contributed by atoms with Crippen LogP contribution in [0.3, 0.4) is 0 Å².